The van der Waals surface area contributed by atoms with Crippen LogP contribution in [0.4, 0.5) is 5.69 Å². The Hall–Kier alpha value is -2.11. The first-order chi connectivity index (χ1) is 15.9. The monoisotopic (exact) mass is 685 g/mol. The van der Waals surface area contributed by atoms with Gasteiger partial charge in [-0.1, -0.05) is 28.1 Å². The number of carbonyl (C=O) groups excluding carboxylic acids is 1. The van der Waals surface area contributed by atoms with Gasteiger partial charge in [-0.05, 0) is 105 Å². The Morgan fingerprint density at radius 3 is 2.48 bits per heavy atom. The molecule has 1 amide bonds. The van der Waals surface area contributed by atoms with E-state index in [2.05, 4.69) is 70.3 Å². The number of carbonyl (C=O) groups is 1. The molecule has 6 nitrogen and oxygen atoms in total. The summed E-state index contributed by atoms with van der Waals surface area (Å²) in [6, 6.07) is 19.4. The number of nitrogens with zero attached hydrogens (tertiary/aromatic N) is 1. The summed E-state index contributed by atoms with van der Waals surface area (Å²) in [5.41, 5.74) is 5.20. The van der Waals surface area contributed by atoms with Crippen molar-refractivity contribution in [3.8, 4) is 11.5 Å². The summed E-state index contributed by atoms with van der Waals surface area (Å²) in [5.74, 6) is 0.961. The van der Waals surface area contributed by atoms with Crippen molar-refractivity contribution in [2.45, 2.75) is 13.5 Å². The zero-order chi connectivity index (χ0) is 23.6. The van der Waals surface area contributed by atoms with Crippen molar-refractivity contribution >= 4 is 72.3 Å². The highest BCUT2D eigenvalue weighted by Crippen LogP contribution is 2.37. The number of benzene rings is 3. The molecule has 2 N–H and O–H groups in total. The van der Waals surface area contributed by atoms with Gasteiger partial charge in [0.1, 0.15) is 6.61 Å². The van der Waals surface area contributed by atoms with E-state index >= 15 is 0 Å². The molecule has 0 unspecified atom stereocenters. The SMILES string of the molecule is CCOc1cc(/C=N/NC(=O)CNc2ccc(I)cc2)cc(Br)c1OCc1ccc(Br)cc1. The molecular weight excluding hydrogens is 665 g/mol. The molecule has 9 heteroatoms. The van der Waals surface area contributed by atoms with Crippen molar-refractivity contribution in [2.24, 2.45) is 5.10 Å². The second-order valence-corrected chi connectivity index (χ2v) is 9.85. The predicted molar refractivity (Wildman–Crippen MR) is 147 cm³/mol. The molecular formula is C24H22Br2IN3O3. The maximum Gasteiger partial charge on any atom is 0.259 e. The minimum absolute atomic E-state index is 0.120. The Kier molecular flexibility index (Phi) is 10.0. The first-order valence-corrected chi connectivity index (χ1v) is 12.8. The lowest BCUT2D eigenvalue weighted by Crippen LogP contribution is -2.25. The second kappa shape index (κ2) is 13.0. The van der Waals surface area contributed by atoms with Gasteiger partial charge in [0.25, 0.3) is 5.91 Å². The standard InChI is InChI=1S/C24H22Br2IN3O3/c1-2-32-22-12-17(11-21(26)24(22)33-15-16-3-5-18(25)6-4-16)13-29-30-23(31)14-28-20-9-7-19(27)8-10-20/h3-13,28H,2,14-15H2,1H3,(H,30,31)/b29-13+. The number of hydrazone groups is 1. The third-order valence-electron chi connectivity index (χ3n) is 4.33. The van der Waals surface area contributed by atoms with Crippen LogP contribution in [0, 0.1) is 3.57 Å². The molecule has 0 atom stereocenters. The zero-order valence-corrected chi connectivity index (χ0v) is 23.1. The highest BCUT2D eigenvalue weighted by molar-refractivity contribution is 14.1. The second-order valence-electron chi connectivity index (χ2n) is 6.83. The molecule has 0 aliphatic heterocycles. The van der Waals surface area contributed by atoms with Crippen molar-refractivity contribution in [2.75, 3.05) is 18.5 Å². The Balaban J connectivity index is 1.60. The first-order valence-electron chi connectivity index (χ1n) is 10.1. The smallest absolute Gasteiger partial charge is 0.259 e. The number of ether oxygens (including phenoxy) is 2. The van der Waals surface area contributed by atoms with Gasteiger partial charge in [-0.25, -0.2) is 5.43 Å². The molecule has 0 aliphatic rings. The molecule has 0 radical (unpaired) electrons. The molecule has 0 aliphatic carbocycles. The lowest BCUT2D eigenvalue weighted by Gasteiger charge is -2.14. The van der Waals surface area contributed by atoms with Gasteiger partial charge in [-0.3, -0.25) is 4.79 Å². The molecule has 0 saturated heterocycles. The van der Waals surface area contributed by atoms with Crippen molar-refractivity contribution in [3.63, 3.8) is 0 Å². The van der Waals surface area contributed by atoms with Gasteiger partial charge in [0.2, 0.25) is 0 Å². The summed E-state index contributed by atoms with van der Waals surface area (Å²) < 4.78 is 14.7. The van der Waals surface area contributed by atoms with E-state index in [9.17, 15) is 4.79 Å². The molecule has 172 valence electrons. The van der Waals surface area contributed by atoms with E-state index in [-0.39, 0.29) is 12.5 Å². The molecule has 3 aromatic carbocycles. The molecule has 0 heterocycles. The number of hydrogen-bond donors (Lipinski definition) is 2. The molecule has 33 heavy (non-hydrogen) atoms. The summed E-state index contributed by atoms with van der Waals surface area (Å²) in [6.07, 6.45) is 1.56. The van der Waals surface area contributed by atoms with E-state index in [4.69, 9.17) is 9.47 Å². The molecule has 0 aromatic heterocycles. The molecule has 3 rings (SSSR count). The van der Waals surface area contributed by atoms with E-state index < -0.39 is 0 Å². The van der Waals surface area contributed by atoms with Crippen LogP contribution < -0.4 is 20.2 Å². The van der Waals surface area contributed by atoms with E-state index in [1.54, 1.807) is 6.21 Å². The third-order valence-corrected chi connectivity index (χ3v) is 6.17. The van der Waals surface area contributed by atoms with Crippen molar-refractivity contribution in [1.29, 1.82) is 0 Å². The number of amides is 1. The molecule has 0 bridgehead atoms. The van der Waals surface area contributed by atoms with Crippen LogP contribution in [0.3, 0.4) is 0 Å². The Morgan fingerprint density at radius 2 is 1.79 bits per heavy atom. The fourth-order valence-corrected chi connectivity index (χ4v) is 3.97. The van der Waals surface area contributed by atoms with Gasteiger partial charge >= 0.3 is 0 Å². The summed E-state index contributed by atoms with van der Waals surface area (Å²) in [5, 5.41) is 7.11. The molecule has 0 fully saturated rings. The normalized spacial score (nSPS) is 10.8. The quantitative estimate of drug-likeness (QED) is 0.148. The highest BCUT2D eigenvalue weighted by Gasteiger charge is 2.12. The fraction of sp³-hybridized carbons (Fsp3) is 0.167. The van der Waals surface area contributed by atoms with Crippen LogP contribution in [0.5, 0.6) is 11.5 Å². The van der Waals surface area contributed by atoms with Gasteiger partial charge in [0, 0.05) is 13.7 Å². The first kappa shape index (κ1) is 25.5. The van der Waals surface area contributed by atoms with Crippen LogP contribution in [0.2, 0.25) is 0 Å². The van der Waals surface area contributed by atoms with Gasteiger partial charge in [-0.15, -0.1) is 0 Å². The molecule has 3 aromatic rings. The van der Waals surface area contributed by atoms with Crippen LogP contribution in [-0.4, -0.2) is 25.3 Å². The zero-order valence-electron chi connectivity index (χ0n) is 17.8. The highest BCUT2D eigenvalue weighted by atomic mass is 127. The number of anilines is 1. The fourth-order valence-electron chi connectivity index (χ4n) is 2.77. The minimum atomic E-state index is -0.247. The Labute approximate surface area is 223 Å². The van der Waals surface area contributed by atoms with E-state index in [1.165, 1.54) is 0 Å². The number of rotatable bonds is 10. The van der Waals surface area contributed by atoms with E-state index in [0.29, 0.717) is 24.7 Å². The van der Waals surface area contributed by atoms with Crippen LogP contribution in [-0.2, 0) is 11.4 Å². The van der Waals surface area contributed by atoms with Gasteiger partial charge < -0.3 is 14.8 Å². The molecule has 0 spiro atoms. The summed E-state index contributed by atoms with van der Waals surface area (Å²) in [7, 11) is 0. The molecule has 0 saturated carbocycles. The van der Waals surface area contributed by atoms with Crippen LogP contribution >= 0.6 is 54.5 Å². The predicted octanol–water partition coefficient (Wildman–Crippen LogP) is 6.36. The van der Waals surface area contributed by atoms with Crippen molar-refractivity contribution < 1.29 is 14.3 Å². The Morgan fingerprint density at radius 1 is 1.06 bits per heavy atom. The maximum atomic E-state index is 12.1. The third kappa shape index (κ3) is 8.31. The van der Waals surface area contributed by atoms with Crippen molar-refractivity contribution in [1.82, 2.24) is 5.43 Å². The number of halogens is 3. The van der Waals surface area contributed by atoms with E-state index in [1.807, 2.05) is 67.6 Å². The average molecular weight is 687 g/mol. The van der Waals surface area contributed by atoms with Gasteiger partial charge in [0.15, 0.2) is 11.5 Å². The minimum Gasteiger partial charge on any atom is -0.490 e. The number of nitrogens with one attached hydrogen (secondary N) is 2. The summed E-state index contributed by atoms with van der Waals surface area (Å²) in [4.78, 5) is 12.1. The van der Waals surface area contributed by atoms with Gasteiger partial charge in [0.05, 0.1) is 23.8 Å². The summed E-state index contributed by atoms with van der Waals surface area (Å²) in [6.45, 7) is 2.92. The summed E-state index contributed by atoms with van der Waals surface area (Å²) >= 11 is 9.23. The Bertz CT molecular complexity index is 1110. The maximum absolute atomic E-state index is 12.1. The lowest BCUT2D eigenvalue weighted by atomic mass is 10.2. The topological polar surface area (TPSA) is 72.0 Å². The average Bonchev–Trinajstić information content (AvgIpc) is 2.79. The number of hydrogen-bond acceptors (Lipinski definition) is 5. The van der Waals surface area contributed by atoms with Gasteiger partial charge in [-0.2, -0.15) is 5.10 Å². The van der Waals surface area contributed by atoms with Crippen LogP contribution in [0.15, 0.2) is 74.7 Å². The van der Waals surface area contributed by atoms with Crippen LogP contribution in [0.1, 0.15) is 18.1 Å². The van der Waals surface area contributed by atoms with Crippen LogP contribution in [0.25, 0.3) is 0 Å². The lowest BCUT2D eigenvalue weighted by molar-refractivity contribution is -0.119. The van der Waals surface area contributed by atoms with E-state index in [0.717, 1.165) is 29.3 Å². The largest absolute Gasteiger partial charge is 0.490 e. The van der Waals surface area contributed by atoms with Crippen molar-refractivity contribution in [3.05, 3.63) is 84.3 Å².